The van der Waals surface area contributed by atoms with E-state index in [0.29, 0.717) is 12.8 Å². The topological polar surface area (TPSA) is 80.4 Å². The van der Waals surface area contributed by atoms with Crippen molar-refractivity contribution >= 4 is 23.3 Å². The summed E-state index contributed by atoms with van der Waals surface area (Å²) in [6.45, 7) is 0. The van der Waals surface area contributed by atoms with Crippen LogP contribution in [0.15, 0.2) is 18.2 Å². The first-order valence-corrected chi connectivity index (χ1v) is 5.03. The Labute approximate surface area is 96.8 Å². The summed E-state index contributed by atoms with van der Waals surface area (Å²) in [7, 11) is 0. The van der Waals surface area contributed by atoms with Gasteiger partial charge >= 0.3 is 5.97 Å². The van der Waals surface area contributed by atoms with Gasteiger partial charge in [-0.2, -0.15) is 0 Å². The van der Waals surface area contributed by atoms with Gasteiger partial charge in [0, 0.05) is 12.5 Å². The smallest absolute Gasteiger partial charge is 0.303 e. The zero-order valence-corrected chi connectivity index (χ0v) is 9.11. The first-order valence-electron chi connectivity index (χ1n) is 4.65. The van der Waals surface area contributed by atoms with Crippen LogP contribution in [0.25, 0.3) is 0 Å². The quantitative estimate of drug-likeness (QED) is 0.637. The maximum atomic E-state index is 10.6. The number of benzene rings is 1. The van der Waals surface area contributed by atoms with Gasteiger partial charge in [-0.3, -0.25) is 14.9 Å². The van der Waals surface area contributed by atoms with Gasteiger partial charge in [-0.1, -0.05) is 17.7 Å². The molecule has 0 aliphatic heterocycles. The second-order valence-corrected chi connectivity index (χ2v) is 3.70. The third kappa shape index (κ3) is 3.51. The number of hydrogen-bond donors (Lipinski definition) is 1. The highest BCUT2D eigenvalue weighted by molar-refractivity contribution is 6.32. The van der Waals surface area contributed by atoms with Gasteiger partial charge in [0.2, 0.25) is 0 Å². The molecular weight excluding hydrogens is 234 g/mol. The van der Waals surface area contributed by atoms with E-state index < -0.39 is 10.9 Å². The van der Waals surface area contributed by atoms with E-state index in [0.717, 1.165) is 5.56 Å². The molecule has 16 heavy (non-hydrogen) atoms. The lowest BCUT2D eigenvalue weighted by Crippen LogP contribution is -1.97. The van der Waals surface area contributed by atoms with Crippen LogP contribution in [0.5, 0.6) is 0 Å². The fourth-order valence-electron chi connectivity index (χ4n) is 1.30. The van der Waals surface area contributed by atoms with Crippen molar-refractivity contribution in [1.29, 1.82) is 0 Å². The highest BCUT2D eigenvalue weighted by atomic mass is 35.5. The molecule has 0 aliphatic carbocycles. The molecule has 0 spiro atoms. The van der Waals surface area contributed by atoms with Crippen molar-refractivity contribution in [2.45, 2.75) is 19.3 Å². The van der Waals surface area contributed by atoms with Gasteiger partial charge in [-0.25, -0.2) is 0 Å². The number of hydrogen-bond acceptors (Lipinski definition) is 3. The van der Waals surface area contributed by atoms with Crippen LogP contribution in [0.1, 0.15) is 18.4 Å². The monoisotopic (exact) mass is 243 g/mol. The van der Waals surface area contributed by atoms with Gasteiger partial charge < -0.3 is 5.11 Å². The molecule has 0 saturated carbocycles. The number of halogens is 1. The molecule has 0 atom stereocenters. The first kappa shape index (κ1) is 12.4. The number of nitro benzene ring substituents is 1. The first-order chi connectivity index (χ1) is 7.50. The van der Waals surface area contributed by atoms with Crippen LogP contribution < -0.4 is 0 Å². The van der Waals surface area contributed by atoms with Crippen molar-refractivity contribution in [1.82, 2.24) is 0 Å². The maximum absolute atomic E-state index is 10.6. The van der Waals surface area contributed by atoms with E-state index >= 15 is 0 Å². The van der Waals surface area contributed by atoms with Crippen LogP contribution in [0.4, 0.5) is 5.69 Å². The van der Waals surface area contributed by atoms with Gasteiger partial charge in [-0.05, 0) is 24.5 Å². The number of carboxylic acids is 1. The second kappa shape index (κ2) is 5.46. The van der Waals surface area contributed by atoms with E-state index in [4.69, 9.17) is 16.7 Å². The molecule has 1 N–H and O–H groups in total. The van der Waals surface area contributed by atoms with Crippen LogP contribution in [0, 0.1) is 10.1 Å². The minimum Gasteiger partial charge on any atom is -0.481 e. The van der Waals surface area contributed by atoms with Crippen molar-refractivity contribution in [2.75, 3.05) is 0 Å². The minimum absolute atomic E-state index is 0.0520. The summed E-state index contributed by atoms with van der Waals surface area (Å²) in [5.74, 6) is -0.872. The molecule has 0 radical (unpaired) electrons. The molecule has 0 bridgehead atoms. The zero-order valence-electron chi connectivity index (χ0n) is 8.35. The predicted octanol–water partition coefficient (Wildman–Crippen LogP) is 2.66. The minimum atomic E-state index is -0.872. The van der Waals surface area contributed by atoms with E-state index in [1.54, 1.807) is 6.07 Å². The molecule has 0 unspecified atom stereocenters. The SMILES string of the molecule is O=C(O)CCCc1ccc(Cl)c([N+](=O)[O-])c1. The molecule has 0 aromatic heterocycles. The Bertz CT molecular complexity index is 419. The van der Waals surface area contributed by atoms with Crippen molar-refractivity contribution in [2.24, 2.45) is 0 Å². The zero-order chi connectivity index (χ0) is 12.1. The molecular formula is C10H10ClNO4. The average Bonchev–Trinajstić information content (AvgIpc) is 2.19. The Balaban J connectivity index is 2.71. The third-order valence-corrected chi connectivity index (χ3v) is 2.38. The van der Waals surface area contributed by atoms with Crippen LogP contribution in [-0.4, -0.2) is 16.0 Å². The molecule has 0 heterocycles. The molecule has 1 aromatic rings. The Hall–Kier alpha value is -1.62. The molecule has 0 fully saturated rings. The number of nitro groups is 1. The lowest BCUT2D eigenvalue weighted by molar-refractivity contribution is -0.384. The van der Waals surface area contributed by atoms with Gasteiger partial charge in [0.05, 0.1) is 4.92 Å². The summed E-state index contributed by atoms with van der Waals surface area (Å²) in [4.78, 5) is 20.3. The lowest BCUT2D eigenvalue weighted by atomic mass is 10.1. The summed E-state index contributed by atoms with van der Waals surface area (Å²) in [6, 6.07) is 4.50. The van der Waals surface area contributed by atoms with Crippen molar-refractivity contribution in [3.63, 3.8) is 0 Å². The van der Waals surface area contributed by atoms with Gasteiger partial charge in [0.15, 0.2) is 0 Å². The average molecular weight is 244 g/mol. The Morgan fingerprint density at radius 2 is 2.19 bits per heavy atom. The summed E-state index contributed by atoms with van der Waals surface area (Å²) < 4.78 is 0. The van der Waals surface area contributed by atoms with Crippen LogP contribution in [-0.2, 0) is 11.2 Å². The highest BCUT2D eigenvalue weighted by Crippen LogP contribution is 2.25. The van der Waals surface area contributed by atoms with Crippen molar-refractivity contribution in [3.05, 3.63) is 38.9 Å². The van der Waals surface area contributed by atoms with Crippen LogP contribution in [0.3, 0.4) is 0 Å². The molecule has 1 aromatic carbocycles. The van der Waals surface area contributed by atoms with E-state index in [1.807, 2.05) is 0 Å². The predicted molar refractivity (Wildman–Crippen MR) is 58.7 cm³/mol. The molecule has 0 amide bonds. The number of aliphatic carboxylic acids is 1. The van der Waals surface area contributed by atoms with E-state index in [1.165, 1.54) is 12.1 Å². The number of nitrogens with zero attached hydrogens (tertiary/aromatic N) is 1. The van der Waals surface area contributed by atoms with Gasteiger partial charge in [0.1, 0.15) is 5.02 Å². The Morgan fingerprint density at radius 1 is 1.50 bits per heavy atom. The van der Waals surface area contributed by atoms with Crippen LogP contribution in [0.2, 0.25) is 5.02 Å². The molecule has 6 heteroatoms. The van der Waals surface area contributed by atoms with E-state index in [9.17, 15) is 14.9 Å². The summed E-state index contributed by atoms with van der Waals surface area (Å²) in [6.07, 6.45) is 0.995. The standard InChI is InChI=1S/C10H10ClNO4/c11-8-5-4-7(2-1-3-10(13)14)6-9(8)12(15)16/h4-6H,1-3H2,(H,13,14). The normalized spacial score (nSPS) is 10.1. The number of carboxylic acid groups (broad SMARTS) is 1. The summed E-state index contributed by atoms with van der Waals surface area (Å²) in [5, 5.41) is 19.1. The molecule has 86 valence electrons. The third-order valence-electron chi connectivity index (χ3n) is 2.06. The van der Waals surface area contributed by atoms with Gasteiger partial charge in [-0.15, -0.1) is 0 Å². The number of rotatable bonds is 5. The van der Waals surface area contributed by atoms with Crippen LogP contribution >= 0.6 is 11.6 Å². The van der Waals surface area contributed by atoms with Crippen molar-refractivity contribution in [3.8, 4) is 0 Å². The fourth-order valence-corrected chi connectivity index (χ4v) is 1.48. The summed E-state index contributed by atoms with van der Waals surface area (Å²) >= 11 is 5.64. The fraction of sp³-hybridized carbons (Fsp3) is 0.300. The Morgan fingerprint density at radius 3 is 2.75 bits per heavy atom. The molecule has 1 rings (SSSR count). The second-order valence-electron chi connectivity index (χ2n) is 3.29. The lowest BCUT2D eigenvalue weighted by Gasteiger charge is -2.01. The Kier molecular flexibility index (Phi) is 4.25. The molecule has 0 aliphatic rings. The summed E-state index contributed by atoms with van der Waals surface area (Å²) in [5.41, 5.74) is 0.576. The van der Waals surface area contributed by atoms with E-state index in [-0.39, 0.29) is 17.1 Å². The number of carbonyl (C=O) groups is 1. The van der Waals surface area contributed by atoms with E-state index in [2.05, 4.69) is 0 Å². The largest absolute Gasteiger partial charge is 0.481 e. The van der Waals surface area contributed by atoms with Gasteiger partial charge in [0.25, 0.3) is 5.69 Å². The van der Waals surface area contributed by atoms with Crippen molar-refractivity contribution < 1.29 is 14.8 Å². The molecule has 0 saturated heterocycles. The highest BCUT2D eigenvalue weighted by Gasteiger charge is 2.12. The molecule has 5 nitrogen and oxygen atoms in total. The maximum Gasteiger partial charge on any atom is 0.303 e. The number of aryl methyl sites for hydroxylation is 1.